The molecule has 1 saturated heterocycles. The number of nitrogens with one attached hydrogen (secondary N) is 1. The summed E-state index contributed by atoms with van der Waals surface area (Å²) < 4.78 is 5.41. The molecule has 0 aliphatic carbocycles. The van der Waals surface area contributed by atoms with E-state index >= 15 is 0 Å². The lowest BCUT2D eigenvalue weighted by Crippen LogP contribution is -2.32. The zero-order valence-corrected chi connectivity index (χ0v) is 11.8. The number of thioether (sulfide) groups is 1. The molecule has 0 saturated carbocycles. The second kappa shape index (κ2) is 5.85. The molecule has 1 aromatic rings. The van der Waals surface area contributed by atoms with Crippen molar-refractivity contribution in [2.24, 2.45) is 0 Å². The number of hydrogen-bond acceptors (Lipinski definition) is 4. The van der Waals surface area contributed by atoms with E-state index in [9.17, 15) is 5.11 Å². The van der Waals surface area contributed by atoms with Crippen LogP contribution in [0.25, 0.3) is 0 Å². The predicted molar refractivity (Wildman–Crippen MR) is 76.5 cm³/mol. The summed E-state index contributed by atoms with van der Waals surface area (Å²) in [6.07, 6.45) is 2.62. The van der Waals surface area contributed by atoms with Gasteiger partial charge in [-0.15, -0.1) is 0 Å². The molecule has 1 unspecified atom stereocenters. The molecule has 1 heterocycles. The lowest BCUT2D eigenvalue weighted by Gasteiger charge is -2.23. The molecule has 1 atom stereocenters. The molecular weight excluding hydrogens is 246 g/mol. The lowest BCUT2D eigenvalue weighted by atomic mass is 10.1. The van der Waals surface area contributed by atoms with E-state index in [0.717, 1.165) is 18.7 Å². The van der Waals surface area contributed by atoms with Gasteiger partial charge < -0.3 is 15.2 Å². The highest BCUT2D eigenvalue weighted by Gasteiger charge is 2.28. The Hall–Kier alpha value is -0.870. The van der Waals surface area contributed by atoms with Gasteiger partial charge in [-0.25, -0.2) is 0 Å². The minimum atomic E-state index is 0.207. The summed E-state index contributed by atoms with van der Waals surface area (Å²) >= 11 is 2.06. The number of methoxy groups -OCH3 is 1. The predicted octanol–water partition coefficient (Wildman–Crippen LogP) is 2.78. The quantitative estimate of drug-likeness (QED) is 0.861. The van der Waals surface area contributed by atoms with E-state index in [-0.39, 0.29) is 5.75 Å². The zero-order chi connectivity index (χ0) is 13.0. The van der Waals surface area contributed by atoms with Crippen LogP contribution in [0.15, 0.2) is 18.2 Å². The third-order valence-corrected chi connectivity index (χ3v) is 4.91. The van der Waals surface area contributed by atoms with Crippen LogP contribution in [-0.2, 0) is 6.54 Å². The van der Waals surface area contributed by atoms with Gasteiger partial charge in [-0.1, -0.05) is 6.07 Å². The SMILES string of the molecule is COc1ccc(CNCC2(C)CCCS2)cc1O. The van der Waals surface area contributed by atoms with Crippen molar-refractivity contribution in [3.05, 3.63) is 23.8 Å². The Kier molecular flexibility index (Phi) is 4.40. The first-order chi connectivity index (χ1) is 8.63. The molecule has 1 aromatic carbocycles. The van der Waals surface area contributed by atoms with E-state index in [1.807, 2.05) is 6.07 Å². The molecule has 0 bridgehead atoms. The number of hydrogen-bond donors (Lipinski definition) is 2. The number of benzene rings is 1. The summed E-state index contributed by atoms with van der Waals surface area (Å²) in [7, 11) is 1.56. The average molecular weight is 267 g/mol. The summed E-state index contributed by atoms with van der Waals surface area (Å²) in [5.74, 6) is 2.01. The molecule has 1 aliphatic heterocycles. The van der Waals surface area contributed by atoms with Crippen LogP contribution >= 0.6 is 11.8 Å². The minimum Gasteiger partial charge on any atom is -0.504 e. The Balaban J connectivity index is 1.85. The van der Waals surface area contributed by atoms with Crippen LogP contribution in [0.5, 0.6) is 11.5 Å². The second-order valence-electron chi connectivity index (χ2n) is 5.01. The first-order valence-corrected chi connectivity index (χ1v) is 7.32. The smallest absolute Gasteiger partial charge is 0.160 e. The maximum absolute atomic E-state index is 9.70. The van der Waals surface area contributed by atoms with Gasteiger partial charge >= 0.3 is 0 Å². The van der Waals surface area contributed by atoms with Crippen LogP contribution in [0.3, 0.4) is 0 Å². The fourth-order valence-corrected chi connectivity index (χ4v) is 3.57. The first-order valence-electron chi connectivity index (χ1n) is 6.33. The Labute approximate surface area is 113 Å². The fraction of sp³-hybridized carbons (Fsp3) is 0.571. The van der Waals surface area contributed by atoms with E-state index in [1.54, 1.807) is 19.2 Å². The number of phenols is 1. The van der Waals surface area contributed by atoms with Gasteiger partial charge in [0, 0.05) is 17.8 Å². The first kappa shape index (κ1) is 13.6. The summed E-state index contributed by atoms with van der Waals surface area (Å²) in [6.45, 7) is 4.13. The van der Waals surface area contributed by atoms with E-state index in [1.165, 1.54) is 18.6 Å². The Bertz CT molecular complexity index is 403. The maximum Gasteiger partial charge on any atom is 0.160 e. The van der Waals surface area contributed by atoms with E-state index in [4.69, 9.17) is 4.74 Å². The molecule has 1 fully saturated rings. The highest BCUT2D eigenvalue weighted by atomic mass is 32.2. The summed E-state index contributed by atoms with van der Waals surface area (Å²) in [4.78, 5) is 0. The van der Waals surface area contributed by atoms with Crippen molar-refractivity contribution in [3.8, 4) is 11.5 Å². The van der Waals surface area contributed by atoms with Crippen molar-refractivity contribution < 1.29 is 9.84 Å². The summed E-state index contributed by atoms with van der Waals surface area (Å²) in [5.41, 5.74) is 1.08. The molecule has 4 heteroatoms. The van der Waals surface area contributed by atoms with Crippen LogP contribution in [0.2, 0.25) is 0 Å². The Morgan fingerprint density at radius 1 is 1.50 bits per heavy atom. The molecule has 3 nitrogen and oxygen atoms in total. The normalized spacial score (nSPS) is 23.2. The molecule has 0 spiro atoms. The van der Waals surface area contributed by atoms with Crippen molar-refractivity contribution in [1.29, 1.82) is 0 Å². The second-order valence-corrected chi connectivity index (χ2v) is 6.69. The third-order valence-electron chi connectivity index (χ3n) is 3.37. The van der Waals surface area contributed by atoms with Gasteiger partial charge in [0.05, 0.1) is 7.11 Å². The fourth-order valence-electron chi connectivity index (χ4n) is 2.29. The van der Waals surface area contributed by atoms with Gasteiger partial charge in [0.1, 0.15) is 0 Å². The standard InChI is InChI=1S/C14H21NO2S/c1-14(6-3-7-18-14)10-15-9-11-4-5-13(17-2)12(16)8-11/h4-5,8,15-16H,3,6-7,9-10H2,1-2H3. The maximum atomic E-state index is 9.70. The van der Waals surface area contributed by atoms with Crippen molar-refractivity contribution in [1.82, 2.24) is 5.32 Å². The van der Waals surface area contributed by atoms with Gasteiger partial charge in [0.2, 0.25) is 0 Å². The van der Waals surface area contributed by atoms with Crippen molar-refractivity contribution >= 4 is 11.8 Å². The zero-order valence-electron chi connectivity index (χ0n) is 11.0. The number of ether oxygens (including phenoxy) is 1. The van der Waals surface area contributed by atoms with Crippen molar-refractivity contribution in [2.45, 2.75) is 31.1 Å². The third kappa shape index (κ3) is 3.33. The molecule has 0 amide bonds. The molecule has 18 heavy (non-hydrogen) atoms. The van der Waals surface area contributed by atoms with E-state index in [2.05, 4.69) is 24.0 Å². The topological polar surface area (TPSA) is 41.5 Å². The Morgan fingerprint density at radius 2 is 2.33 bits per heavy atom. The number of aromatic hydroxyl groups is 1. The largest absolute Gasteiger partial charge is 0.504 e. The van der Waals surface area contributed by atoms with Gasteiger partial charge in [0.15, 0.2) is 11.5 Å². The molecule has 2 rings (SSSR count). The minimum absolute atomic E-state index is 0.207. The number of rotatable bonds is 5. The number of phenolic OH excluding ortho intramolecular Hbond substituents is 1. The average Bonchev–Trinajstić information content (AvgIpc) is 2.77. The molecule has 0 aromatic heterocycles. The van der Waals surface area contributed by atoms with Gasteiger partial charge in [-0.05, 0) is 43.2 Å². The molecule has 100 valence electrons. The van der Waals surface area contributed by atoms with Gasteiger partial charge in [-0.2, -0.15) is 11.8 Å². The van der Waals surface area contributed by atoms with Crippen LogP contribution in [0.4, 0.5) is 0 Å². The van der Waals surface area contributed by atoms with Crippen molar-refractivity contribution in [3.63, 3.8) is 0 Å². The van der Waals surface area contributed by atoms with Crippen LogP contribution in [0.1, 0.15) is 25.3 Å². The Morgan fingerprint density at radius 3 is 2.94 bits per heavy atom. The van der Waals surface area contributed by atoms with Crippen LogP contribution in [-0.4, -0.2) is 29.3 Å². The van der Waals surface area contributed by atoms with Gasteiger partial charge in [0.25, 0.3) is 0 Å². The highest BCUT2D eigenvalue weighted by molar-refractivity contribution is 8.00. The monoisotopic (exact) mass is 267 g/mol. The van der Waals surface area contributed by atoms with E-state index in [0.29, 0.717) is 10.5 Å². The summed E-state index contributed by atoms with van der Waals surface area (Å²) in [6, 6.07) is 5.55. The molecular formula is C14H21NO2S. The molecule has 0 radical (unpaired) electrons. The molecule has 1 aliphatic rings. The van der Waals surface area contributed by atoms with Gasteiger partial charge in [-0.3, -0.25) is 0 Å². The van der Waals surface area contributed by atoms with E-state index < -0.39 is 0 Å². The lowest BCUT2D eigenvalue weighted by molar-refractivity contribution is 0.373. The van der Waals surface area contributed by atoms with Crippen LogP contribution < -0.4 is 10.1 Å². The highest BCUT2D eigenvalue weighted by Crippen LogP contribution is 2.37. The molecule has 2 N–H and O–H groups in total. The van der Waals surface area contributed by atoms with Crippen molar-refractivity contribution in [2.75, 3.05) is 19.4 Å². The van der Waals surface area contributed by atoms with Crippen LogP contribution in [0, 0.1) is 0 Å². The summed E-state index contributed by atoms with van der Waals surface area (Å²) in [5, 5.41) is 13.2.